The molecule has 1 fully saturated rings. The molecule has 184 valence electrons. The molecule has 3 aromatic rings. The van der Waals surface area contributed by atoms with E-state index in [1.165, 1.54) is 18.2 Å². The Kier molecular flexibility index (Phi) is 6.68. The Balaban J connectivity index is 1.37. The molecule has 3 heterocycles. The molecule has 1 aliphatic heterocycles. The molecule has 0 atom stereocenters. The summed E-state index contributed by atoms with van der Waals surface area (Å²) in [6.07, 6.45) is 9.84. The van der Waals surface area contributed by atoms with Gasteiger partial charge in [0, 0.05) is 45.6 Å². The van der Waals surface area contributed by atoms with Crippen LogP contribution >= 0.6 is 0 Å². The zero-order valence-corrected chi connectivity index (χ0v) is 20.2. The lowest BCUT2D eigenvalue weighted by Crippen LogP contribution is -2.46. The minimum atomic E-state index is -0.225. The van der Waals surface area contributed by atoms with Crippen LogP contribution in [0.1, 0.15) is 31.2 Å². The lowest BCUT2D eigenvalue weighted by Gasteiger charge is -2.38. The minimum absolute atomic E-state index is 0.123. The molecular formula is C26H31FN6O2. The molecular weight excluding hydrogens is 447 g/mol. The fourth-order valence-electron chi connectivity index (χ4n) is 5.02. The molecule has 0 amide bonds. The highest BCUT2D eigenvalue weighted by Crippen LogP contribution is 2.23. The largest absolute Gasteiger partial charge is 0.364 e. The van der Waals surface area contributed by atoms with Gasteiger partial charge in [0.1, 0.15) is 12.5 Å². The molecule has 0 N–H and O–H groups in total. The van der Waals surface area contributed by atoms with E-state index in [0.29, 0.717) is 12.5 Å². The number of piperidine rings is 1. The lowest BCUT2D eigenvalue weighted by molar-refractivity contribution is 0.128. The van der Waals surface area contributed by atoms with E-state index in [1.54, 1.807) is 17.9 Å². The molecule has 35 heavy (non-hydrogen) atoms. The second kappa shape index (κ2) is 10.0. The number of halogens is 1. The van der Waals surface area contributed by atoms with Crippen molar-refractivity contribution in [2.45, 2.75) is 45.0 Å². The highest BCUT2D eigenvalue weighted by atomic mass is 19.1. The van der Waals surface area contributed by atoms with Crippen LogP contribution < -0.4 is 26.1 Å². The summed E-state index contributed by atoms with van der Waals surface area (Å²) in [6.45, 7) is 2.51. The van der Waals surface area contributed by atoms with E-state index in [0.717, 1.165) is 61.0 Å². The van der Waals surface area contributed by atoms with Gasteiger partial charge in [-0.05, 0) is 43.4 Å². The maximum atomic E-state index is 13.5. The third kappa shape index (κ3) is 4.73. The molecule has 8 nitrogen and oxygen atoms in total. The monoisotopic (exact) mass is 478 g/mol. The highest BCUT2D eigenvalue weighted by Gasteiger charge is 2.27. The molecule has 2 aliphatic rings. The van der Waals surface area contributed by atoms with Crippen molar-refractivity contribution in [3.63, 3.8) is 0 Å². The average Bonchev–Trinajstić information content (AvgIpc) is 3.25. The summed E-state index contributed by atoms with van der Waals surface area (Å²) >= 11 is 0. The van der Waals surface area contributed by atoms with E-state index < -0.39 is 0 Å². The maximum Gasteiger partial charge on any atom is 0.256 e. The van der Waals surface area contributed by atoms with Gasteiger partial charge >= 0.3 is 0 Å². The van der Waals surface area contributed by atoms with Crippen molar-refractivity contribution in [2.24, 2.45) is 0 Å². The highest BCUT2D eigenvalue weighted by molar-refractivity contribution is 5.43. The van der Waals surface area contributed by atoms with Crippen molar-refractivity contribution >= 4 is 24.0 Å². The number of ether oxygens (including phenoxy) is 1. The summed E-state index contributed by atoms with van der Waals surface area (Å²) in [7, 11) is 3.57. The van der Waals surface area contributed by atoms with Gasteiger partial charge in [-0.25, -0.2) is 14.4 Å². The van der Waals surface area contributed by atoms with Crippen molar-refractivity contribution in [3.8, 4) is 0 Å². The first-order valence-corrected chi connectivity index (χ1v) is 12.1. The number of imidazole rings is 1. The van der Waals surface area contributed by atoms with Crippen molar-refractivity contribution < 1.29 is 9.13 Å². The van der Waals surface area contributed by atoms with Gasteiger partial charge in [-0.1, -0.05) is 24.3 Å². The van der Waals surface area contributed by atoms with Gasteiger partial charge in [-0.3, -0.25) is 9.36 Å². The van der Waals surface area contributed by atoms with E-state index in [4.69, 9.17) is 9.72 Å². The standard InChI is InChI=1S/C26H31FN6O2/c1-30(25-28-14-11-24(34)33(25)18-35-2)21-12-15-31(16-13-21)26-29-22-5-3-4-6-23(22)32(26)17-19-7-9-20(27)10-8-19/h5-11,14,21H,3-4,12-13,15-18H2,1-2H3. The number of fused-ring (bicyclic) bond motifs is 1. The van der Waals surface area contributed by atoms with Crippen LogP contribution in [0.15, 0.2) is 41.3 Å². The summed E-state index contributed by atoms with van der Waals surface area (Å²) in [5.41, 5.74) is 0.926. The van der Waals surface area contributed by atoms with Gasteiger partial charge in [-0.15, -0.1) is 0 Å². The Hall–Kier alpha value is -3.46. The minimum Gasteiger partial charge on any atom is -0.364 e. The molecule has 1 aromatic carbocycles. The number of nitrogens with zero attached hydrogens (tertiary/aromatic N) is 6. The summed E-state index contributed by atoms with van der Waals surface area (Å²) in [5.74, 6) is 1.36. The predicted molar refractivity (Wildman–Crippen MR) is 134 cm³/mol. The van der Waals surface area contributed by atoms with Crippen LogP contribution in [0.5, 0.6) is 0 Å². The Bertz CT molecular complexity index is 1360. The second-order valence-electron chi connectivity index (χ2n) is 9.14. The summed E-state index contributed by atoms with van der Waals surface area (Å²) in [6, 6.07) is 8.40. The van der Waals surface area contributed by atoms with Crippen LogP contribution in [-0.2, 0) is 18.0 Å². The number of hydrogen-bond donors (Lipinski definition) is 0. The van der Waals surface area contributed by atoms with E-state index in [-0.39, 0.29) is 24.1 Å². The average molecular weight is 479 g/mol. The van der Waals surface area contributed by atoms with E-state index in [9.17, 15) is 9.18 Å². The van der Waals surface area contributed by atoms with Gasteiger partial charge < -0.3 is 19.1 Å². The molecule has 1 saturated heterocycles. The van der Waals surface area contributed by atoms with Crippen molar-refractivity contribution in [1.29, 1.82) is 0 Å². The first-order valence-electron chi connectivity index (χ1n) is 12.1. The number of aromatic nitrogens is 4. The van der Waals surface area contributed by atoms with Crippen molar-refractivity contribution in [2.75, 3.05) is 37.0 Å². The first-order chi connectivity index (χ1) is 17.0. The third-order valence-corrected chi connectivity index (χ3v) is 6.89. The quantitative estimate of drug-likeness (QED) is 0.515. The molecule has 0 radical (unpaired) electrons. The first kappa shape index (κ1) is 23.3. The molecule has 0 bridgehead atoms. The topological polar surface area (TPSA) is 68.4 Å². The van der Waals surface area contributed by atoms with Gasteiger partial charge in [0.15, 0.2) is 0 Å². The van der Waals surface area contributed by atoms with Gasteiger partial charge in [-0.2, -0.15) is 0 Å². The Morgan fingerprint density at radius 2 is 1.83 bits per heavy atom. The molecule has 2 aromatic heterocycles. The van der Waals surface area contributed by atoms with Gasteiger partial charge in [0.2, 0.25) is 11.9 Å². The Labute approximate surface area is 203 Å². The summed E-state index contributed by atoms with van der Waals surface area (Å²) < 4.78 is 22.5. The predicted octanol–water partition coefficient (Wildman–Crippen LogP) is 1.69. The summed E-state index contributed by atoms with van der Waals surface area (Å²) in [5, 5.41) is 2.18. The molecule has 0 saturated carbocycles. The smallest absolute Gasteiger partial charge is 0.256 e. The molecule has 0 unspecified atom stereocenters. The number of hydrogen-bond acceptors (Lipinski definition) is 6. The zero-order valence-electron chi connectivity index (χ0n) is 20.2. The van der Waals surface area contributed by atoms with Gasteiger partial charge in [0.25, 0.3) is 5.56 Å². The van der Waals surface area contributed by atoms with Crippen LogP contribution in [0.25, 0.3) is 12.2 Å². The number of rotatable bonds is 7. The number of methoxy groups -OCH3 is 1. The van der Waals surface area contributed by atoms with Crippen molar-refractivity contribution in [1.82, 2.24) is 19.1 Å². The van der Waals surface area contributed by atoms with E-state index in [2.05, 4.69) is 31.5 Å². The SMILES string of the molecule is COCn1c(N(C)C2CCN(c3nc4c(n3Cc3ccc(F)cc3)=CCCC=4)CC2)nccc1=O. The van der Waals surface area contributed by atoms with Crippen LogP contribution in [0.2, 0.25) is 0 Å². The summed E-state index contributed by atoms with van der Waals surface area (Å²) in [4.78, 5) is 26.2. The van der Waals surface area contributed by atoms with Crippen LogP contribution in [0, 0.1) is 5.82 Å². The fraction of sp³-hybridized carbons (Fsp3) is 0.423. The number of anilines is 2. The third-order valence-electron chi connectivity index (χ3n) is 6.89. The Morgan fingerprint density at radius 3 is 2.57 bits per heavy atom. The van der Waals surface area contributed by atoms with Crippen LogP contribution in [0.4, 0.5) is 16.3 Å². The van der Waals surface area contributed by atoms with Crippen LogP contribution in [0.3, 0.4) is 0 Å². The van der Waals surface area contributed by atoms with E-state index in [1.807, 2.05) is 19.2 Å². The van der Waals surface area contributed by atoms with Crippen LogP contribution in [-0.4, -0.2) is 52.4 Å². The molecule has 0 spiro atoms. The number of benzene rings is 1. The zero-order chi connectivity index (χ0) is 24.4. The second-order valence-corrected chi connectivity index (χ2v) is 9.14. The van der Waals surface area contributed by atoms with E-state index >= 15 is 0 Å². The normalized spacial score (nSPS) is 15.9. The lowest BCUT2D eigenvalue weighted by atomic mass is 10.0. The molecule has 5 rings (SSSR count). The molecule has 1 aliphatic carbocycles. The Morgan fingerprint density at radius 1 is 1.09 bits per heavy atom. The maximum absolute atomic E-state index is 13.5. The van der Waals surface area contributed by atoms with Crippen molar-refractivity contribution in [3.05, 3.63) is 69.0 Å². The molecule has 9 heteroatoms. The fourth-order valence-corrected chi connectivity index (χ4v) is 5.02. The van der Waals surface area contributed by atoms with Gasteiger partial charge in [0.05, 0.1) is 17.2 Å².